The van der Waals surface area contributed by atoms with E-state index in [0.717, 1.165) is 30.8 Å². The number of hydrogen-bond acceptors (Lipinski definition) is 2. The summed E-state index contributed by atoms with van der Waals surface area (Å²) in [6.07, 6.45) is 0.859. The van der Waals surface area contributed by atoms with Gasteiger partial charge in [0.05, 0.1) is 7.11 Å². The van der Waals surface area contributed by atoms with Gasteiger partial charge in [0.15, 0.2) is 0 Å². The van der Waals surface area contributed by atoms with Crippen molar-refractivity contribution in [2.45, 2.75) is 25.6 Å². The number of carbonyl (C=O) groups is 1. The summed E-state index contributed by atoms with van der Waals surface area (Å²) in [6, 6.07) is 5.59. The third kappa shape index (κ3) is 3.03. The normalized spacial score (nSPS) is 23.3. The van der Waals surface area contributed by atoms with Crippen molar-refractivity contribution in [1.29, 1.82) is 0 Å². The van der Waals surface area contributed by atoms with Crippen LogP contribution in [0, 0.1) is 12.8 Å². The molecule has 1 aliphatic heterocycles. The van der Waals surface area contributed by atoms with Crippen LogP contribution in [-0.4, -0.2) is 36.4 Å². The molecule has 0 N–H and O–H groups in total. The summed E-state index contributed by atoms with van der Waals surface area (Å²) < 4.78 is 5.27. The predicted molar refractivity (Wildman–Crippen MR) is 77.1 cm³/mol. The number of benzene rings is 1. The van der Waals surface area contributed by atoms with E-state index >= 15 is 0 Å². The molecule has 4 heteroatoms. The number of aryl methyl sites for hydroxylation is 1. The summed E-state index contributed by atoms with van der Waals surface area (Å²) in [6.45, 7) is 5.51. The molecular formula is C15H20ClNO2. The van der Waals surface area contributed by atoms with Gasteiger partial charge in [-0.3, -0.25) is 4.79 Å². The van der Waals surface area contributed by atoms with Crippen molar-refractivity contribution in [3.05, 3.63) is 29.3 Å². The van der Waals surface area contributed by atoms with Gasteiger partial charge < -0.3 is 9.64 Å². The number of ether oxygens (including phenoxy) is 1. The Balaban J connectivity index is 2.15. The van der Waals surface area contributed by atoms with Gasteiger partial charge in [-0.15, -0.1) is 11.6 Å². The lowest BCUT2D eigenvalue weighted by molar-refractivity contribution is 0.0686. The van der Waals surface area contributed by atoms with Crippen molar-refractivity contribution in [2.75, 3.05) is 20.2 Å². The Morgan fingerprint density at radius 1 is 1.47 bits per heavy atom. The van der Waals surface area contributed by atoms with Crippen LogP contribution >= 0.6 is 11.6 Å². The van der Waals surface area contributed by atoms with Crippen LogP contribution in [0.15, 0.2) is 18.2 Å². The van der Waals surface area contributed by atoms with Crippen molar-refractivity contribution < 1.29 is 9.53 Å². The minimum atomic E-state index is 0.0636. The molecule has 0 aromatic heterocycles. The molecule has 2 atom stereocenters. The minimum Gasteiger partial charge on any atom is -0.496 e. The average molecular weight is 282 g/mol. The van der Waals surface area contributed by atoms with Crippen LogP contribution < -0.4 is 4.74 Å². The number of piperidine rings is 1. The van der Waals surface area contributed by atoms with E-state index in [-0.39, 0.29) is 11.3 Å². The molecule has 0 bridgehead atoms. The van der Waals surface area contributed by atoms with E-state index < -0.39 is 0 Å². The minimum absolute atomic E-state index is 0.0636. The summed E-state index contributed by atoms with van der Waals surface area (Å²) in [7, 11) is 1.62. The Hall–Kier alpha value is -1.22. The van der Waals surface area contributed by atoms with Crippen molar-refractivity contribution in [3.63, 3.8) is 0 Å². The molecule has 0 spiro atoms. The van der Waals surface area contributed by atoms with Crippen LogP contribution in [0.25, 0.3) is 0 Å². The van der Waals surface area contributed by atoms with Crippen LogP contribution in [0.5, 0.6) is 5.75 Å². The summed E-state index contributed by atoms with van der Waals surface area (Å²) in [5.41, 5.74) is 1.72. The third-order valence-corrected chi connectivity index (χ3v) is 4.39. The quantitative estimate of drug-likeness (QED) is 0.780. The molecule has 0 saturated carbocycles. The zero-order valence-corrected chi connectivity index (χ0v) is 12.4. The summed E-state index contributed by atoms with van der Waals surface area (Å²) >= 11 is 6.19. The highest BCUT2D eigenvalue weighted by atomic mass is 35.5. The summed E-state index contributed by atoms with van der Waals surface area (Å²) in [4.78, 5) is 14.3. The van der Waals surface area contributed by atoms with Gasteiger partial charge >= 0.3 is 0 Å². The van der Waals surface area contributed by atoms with E-state index in [9.17, 15) is 4.79 Å². The lowest BCUT2D eigenvalue weighted by atomic mass is 9.98. The second-order valence-corrected chi connectivity index (χ2v) is 5.78. The summed E-state index contributed by atoms with van der Waals surface area (Å²) in [5.74, 6) is 1.16. The molecule has 0 radical (unpaired) electrons. The van der Waals surface area contributed by atoms with Crippen molar-refractivity contribution >= 4 is 17.5 Å². The number of alkyl halides is 1. The zero-order chi connectivity index (χ0) is 14.0. The van der Waals surface area contributed by atoms with Gasteiger partial charge in [-0.05, 0) is 37.0 Å². The fourth-order valence-electron chi connectivity index (χ4n) is 2.44. The van der Waals surface area contributed by atoms with Crippen LogP contribution in [0.4, 0.5) is 0 Å². The number of methoxy groups -OCH3 is 1. The van der Waals surface area contributed by atoms with Gasteiger partial charge in [0.25, 0.3) is 5.91 Å². The molecule has 1 heterocycles. The maximum atomic E-state index is 12.5. The van der Waals surface area contributed by atoms with Crippen molar-refractivity contribution in [2.24, 2.45) is 5.92 Å². The number of carbonyl (C=O) groups excluding carboxylic acids is 1. The van der Waals surface area contributed by atoms with E-state index in [1.807, 2.05) is 30.0 Å². The standard InChI is InChI=1S/C15H20ClNO2/c1-10-4-5-12(8-14(10)19-3)15(18)17-7-6-13(16)11(2)9-17/h4-5,8,11,13H,6-7,9H2,1-3H3. The van der Waals surface area contributed by atoms with E-state index in [0.29, 0.717) is 11.5 Å². The van der Waals surface area contributed by atoms with Crippen LogP contribution in [0.3, 0.4) is 0 Å². The maximum absolute atomic E-state index is 12.5. The van der Waals surface area contributed by atoms with Crippen molar-refractivity contribution in [3.8, 4) is 5.75 Å². The van der Waals surface area contributed by atoms with E-state index in [2.05, 4.69) is 6.92 Å². The van der Waals surface area contributed by atoms with E-state index in [1.54, 1.807) is 7.11 Å². The maximum Gasteiger partial charge on any atom is 0.253 e. The second-order valence-electron chi connectivity index (χ2n) is 5.22. The average Bonchev–Trinajstić information content (AvgIpc) is 2.41. The van der Waals surface area contributed by atoms with E-state index in [4.69, 9.17) is 16.3 Å². The number of nitrogens with zero attached hydrogens (tertiary/aromatic N) is 1. The zero-order valence-electron chi connectivity index (χ0n) is 11.6. The van der Waals surface area contributed by atoms with Crippen LogP contribution in [0.1, 0.15) is 29.3 Å². The second kappa shape index (κ2) is 5.83. The lowest BCUT2D eigenvalue weighted by Crippen LogP contribution is -2.43. The molecule has 2 unspecified atom stereocenters. The van der Waals surface area contributed by atoms with Gasteiger partial charge in [-0.25, -0.2) is 0 Å². The first-order valence-electron chi connectivity index (χ1n) is 6.61. The van der Waals surface area contributed by atoms with Gasteiger partial charge in [0.2, 0.25) is 0 Å². The van der Waals surface area contributed by atoms with Gasteiger partial charge in [-0.1, -0.05) is 13.0 Å². The molecular weight excluding hydrogens is 262 g/mol. The van der Waals surface area contributed by atoms with E-state index in [1.165, 1.54) is 0 Å². The smallest absolute Gasteiger partial charge is 0.253 e. The van der Waals surface area contributed by atoms with Crippen LogP contribution in [0.2, 0.25) is 0 Å². The highest BCUT2D eigenvalue weighted by Crippen LogP contribution is 2.25. The molecule has 1 aromatic rings. The highest BCUT2D eigenvalue weighted by Gasteiger charge is 2.27. The molecule has 19 heavy (non-hydrogen) atoms. The predicted octanol–water partition coefficient (Wildman–Crippen LogP) is 3.09. The molecule has 104 valence electrons. The molecule has 1 saturated heterocycles. The summed E-state index contributed by atoms with van der Waals surface area (Å²) in [5, 5.41) is 0.177. The van der Waals surface area contributed by atoms with Gasteiger partial charge in [0.1, 0.15) is 5.75 Å². The molecule has 1 aliphatic rings. The molecule has 1 amide bonds. The Bertz CT molecular complexity index is 475. The fraction of sp³-hybridized carbons (Fsp3) is 0.533. The lowest BCUT2D eigenvalue weighted by Gasteiger charge is -2.34. The Morgan fingerprint density at radius 3 is 2.84 bits per heavy atom. The van der Waals surface area contributed by atoms with Crippen molar-refractivity contribution in [1.82, 2.24) is 4.90 Å². The third-order valence-electron chi connectivity index (χ3n) is 3.74. The van der Waals surface area contributed by atoms with Crippen LogP contribution in [-0.2, 0) is 0 Å². The monoisotopic (exact) mass is 281 g/mol. The van der Waals surface area contributed by atoms with Gasteiger partial charge in [-0.2, -0.15) is 0 Å². The first-order valence-corrected chi connectivity index (χ1v) is 7.04. The molecule has 2 rings (SSSR count). The highest BCUT2D eigenvalue weighted by molar-refractivity contribution is 6.20. The molecule has 0 aliphatic carbocycles. The van der Waals surface area contributed by atoms with Gasteiger partial charge in [0, 0.05) is 24.0 Å². The SMILES string of the molecule is COc1cc(C(=O)N2CCC(Cl)C(C)C2)ccc1C. The number of amides is 1. The first-order chi connectivity index (χ1) is 9.02. The Morgan fingerprint density at radius 2 is 2.21 bits per heavy atom. The topological polar surface area (TPSA) is 29.5 Å². The number of likely N-dealkylation sites (tertiary alicyclic amines) is 1. The Labute approximate surface area is 119 Å². The molecule has 1 fully saturated rings. The fourth-order valence-corrected chi connectivity index (χ4v) is 2.61. The number of hydrogen-bond donors (Lipinski definition) is 0. The first kappa shape index (κ1) is 14.2. The number of rotatable bonds is 2. The number of halogens is 1. The largest absolute Gasteiger partial charge is 0.496 e. The molecule has 1 aromatic carbocycles. The Kier molecular flexibility index (Phi) is 4.35. The molecule has 3 nitrogen and oxygen atoms in total.